The fraction of sp³-hybridized carbons (Fsp3) is 0.462. The van der Waals surface area contributed by atoms with Crippen molar-refractivity contribution in [2.24, 2.45) is 0 Å². The third-order valence-corrected chi connectivity index (χ3v) is 6.10. The number of piperidine rings is 1. The first-order valence-corrected chi connectivity index (χ1v) is 8.65. The molecule has 2 aromatic rings. The monoisotopic (exact) mass is 364 g/mol. The van der Waals surface area contributed by atoms with E-state index in [0.29, 0.717) is 29.1 Å². The first-order chi connectivity index (χ1) is 10.0. The number of pyridine rings is 1. The van der Waals surface area contributed by atoms with Crippen LogP contribution < -0.4 is 5.32 Å². The molecule has 1 aliphatic heterocycles. The summed E-state index contributed by atoms with van der Waals surface area (Å²) in [5, 5.41) is 4.00. The Balaban J connectivity index is 0.00000176. The summed E-state index contributed by atoms with van der Waals surface area (Å²) >= 11 is 6.15. The summed E-state index contributed by atoms with van der Waals surface area (Å²) in [6, 6.07) is 1.79. The van der Waals surface area contributed by atoms with E-state index in [1.807, 2.05) is 7.05 Å². The fourth-order valence-electron chi connectivity index (χ4n) is 2.73. The van der Waals surface area contributed by atoms with Gasteiger partial charge in [-0.15, -0.1) is 12.4 Å². The number of H-pyrrole nitrogens is 1. The third kappa shape index (κ3) is 2.96. The van der Waals surface area contributed by atoms with Crippen molar-refractivity contribution in [2.45, 2.75) is 23.8 Å². The highest BCUT2D eigenvalue weighted by atomic mass is 35.5. The van der Waals surface area contributed by atoms with Gasteiger partial charge in [0.2, 0.25) is 10.0 Å². The van der Waals surface area contributed by atoms with Gasteiger partial charge in [0.15, 0.2) is 0 Å². The highest BCUT2D eigenvalue weighted by Gasteiger charge is 2.32. The predicted octanol–water partition coefficient (Wildman–Crippen LogP) is 2.01. The summed E-state index contributed by atoms with van der Waals surface area (Å²) in [5.74, 6) is 0. The number of hydrogen-bond donors (Lipinski definition) is 2. The summed E-state index contributed by atoms with van der Waals surface area (Å²) in [5.41, 5.74) is 0.489. The molecular formula is C13H18Cl2N4O2S. The van der Waals surface area contributed by atoms with Gasteiger partial charge >= 0.3 is 0 Å². The van der Waals surface area contributed by atoms with Gasteiger partial charge in [0.1, 0.15) is 10.5 Å². The lowest BCUT2D eigenvalue weighted by atomic mass is 10.1. The van der Waals surface area contributed by atoms with Crippen molar-refractivity contribution in [1.82, 2.24) is 19.6 Å². The number of rotatable bonds is 3. The van der Waals surface area contributed by atoms with Crippen LogP contribution in [0.1, 0.15) is 12.8 Å². The molecule has 0 spiro atoms. The van der Waals surface area contributed by atoms with Crippen molar-refractivity contribution in [1.29, 1.82) is 0 Å². The van der Waals surface area contributed by atoms with E-state index in [1.165, 1.54) is 10.5 Å². The molecule has 1 saturated heterocycles. The zero-order valence-corrected chi connectivity index (χ0v) is 14.4. The summed E-state index contributed by atoms with van der Waals surface area (Å²) in [6.07, 6.45) is 4.86. The predicted molar refractivity (Wildman–Crippen MR) is 89.2 cm³/mol. The van der Waals surface area contributed by atoms with Crippen molar-refractivity contribution >= 4 is 45.1 Å². The van der Waals surface area contributed by atoms with Gasteiger partial charge in [-0.25, -0.2) is 13.4 Å². The summed E-state index contributed by atoms with van der Waals surface area (Å²) in [4.78, 5) is 7.20. The lowest BCUT2D eigenvalue weighted by Gasteiger charge is -2.31. The molecular weight excluding hydrogens is 347 g/mol. The Labute approximate surface area is 140 Å². The average molecular weight is 365 g/mol. The van der Waals surface area contributed by atoms with E-state index in [9.17, 15) is 8.42 Å². The standard InChI is InChI=1S/C13H17ClN4O2S.ClH/c1-15-9-3-2-6-18(8-9)21(19,20)11-7-17-13-12(11)10(14)4-5-16-13;/h4-5,7,9,15H,2-3,6,8H2,1H3,(H,16,17);1H. The molecule has 1 aliphatic rings. The number of nitrogens with zero attached hydrogens (tertiary/aromatic N) is 2. The van der Waals surface area contributed by atoms with E-state index in [1.54, 1.807) is 12.3 Å². The van der Waals surface area contributed by atoms with E-state index < -0.39 is 10.0 Å². The number of fused-ring (bicyclic) bond motifs is 1. The number of aromatic amines is 1. The minimum atomic E-state index is -3.57. The van der Waals surface area contributed by atoms with E-state index in [2.05, 4.69) is 15.3 Å². The Morgan fingerprint density at radius 1 is 1.50 bits per heavy atom. The summed E-state index contributed by atoms with van der Waals surface area (Å²) in [7, 11) is -1.72. The molecule has 0 saturated carbocycles. The van der Waals surface area contributed by atoms with E-state index in [4.69, 9.17) is 11.6 Å². The molecule has 0 radical (unpaired) electrons. The number of sulfonamides is 1. The zero-order valence-electron chi connectivity index (χ0n) is 12.0. The van der Waals surface area contributed by atoms with Crippen molar-refractivity contribution < 1.29 is 8.42 Å². The van der Waals surface area contributed by atoms with Crippen molar-refractivity contribution in [2.75, 3.05) is 20.1 Å². The van der Waals surface area contributed by atoms with Crippen LogP contribution in [0.3, 0.4) is 0 Å². The Morgan fingerprint density at radius 2 is 2.27 bits per heavy atom. The smallest absolute Gasteiger partial charge is 0.245 e. The number of nitrogens with one attached hydrogen (secondary N) is 2. The molecule has 0 aliphatic carbocycles. The van der Waals surface area contributed by atoms with Gasteiger partial charge in [-0.2, -0.15) is 4.31 Å². The second-order valence-electron chi connectivity index (χ2n) is 5.16. The molecule has 22 heavy (non-hydrogen) atoms. The molecule has 122 valence electrons. The van der Waals surface area contributed by atoms with Gasteiger partial charge in [-0.1, -0.05) is 11.6 Å². The van der Waals surface area contributed by atoms with Gasteiger partial charge in [0.25, 0.3) is 0 Å². The Morgan fingerprint density at radius 3 is 3.00 bits per heavy atom. The lowest BCUT2D eigenvalue weighted by molar-refractivity contribution is 0.293. The largest absolute Gasteiger partial charge is 0.345 e. The fourth-order valence-corrected chi connectivity index (χ4v) is 4.73. The van der Waals surface area contributed by atoms with Crippen LogP contribution in [0.25, 0.3) is 11.0 Å². The van der Waals surface area contributed by atoms with Crippen LogP contribution in [0.5, 0.6) is 0 Å². The van der Waals surface area contributed by atoms with Crippen molar-refractivity contribution in [3.8, 4) is 0 Å². The van der Waals surface area contributed by atoms with Gasteiger partial charge in [0.05, 0.1) is 10.4 Å². The molecule has 3 rings (SSSR count). The normalized spacial score (nSPS) is 20.0. The van der Waals surface area contributed by atoms with Gasteiger partial charge in [-0.05, 0) is 26.0 Å². The molecule has 1 atom stereocenters. The average Bonchev–Trinajstić information content (AvgIpc) is 2.93. The van der Waals surface area contributed by atoms with Crippen LogP contribution in [0.4, 0.5) is 0 Å². The van der Waals surface area contributed by atoms with Crippen LogP contribution in [0.15, 0.2) is 23.4 Å². The topological polar surface area (TPSA) is 78.1 Å². The first-order valence-electron chi connectivity index (χ1n) is 6.83. The zero-order chi connectivity index (χ0) is 15.0. The highest BCUT2D eigenvalue weighted by molar-refractivity contribution is 7.89. The highest BCUT2D eigenvalue weighted by Crippen LogP contribution is 2.31. The molecule has 0 aromatic carbocycles. The second-order valence-corrected chi connectivity index (χ2v) is 7.47. The van der Waals surface area contributed by atoms with Crippen LogP contribution in [0.2, 0.25) is 5.02 Å². The maximum absolute atomic E-state index is 12.9. The van der Waals surface area contributed by atoms with Crippen molar-refractivity contribution in [3.05, 3.63) is 23.5 Å². The molecule has 0 amide bonds. The van der Waals surface area contributed by atoms with Crippen LogP contribution in [-0.4, -0.2) is 48.9 Å². The molecule has 1 fully saturated rings. The van der Waals surface area contributed by atoms with E-state index in [-0.39, 0.29) is 23.3 Å². The van der Waals surface area contributed by atoms with Gasteiger partial charge in [-0.3, -0.25) is 0 Å². The van der Waals surface area contributed by atoms with Gasteiger partial charge in [0, 0.05) is 31.5 Å². The molecule has 2 N–H and O–H groups in total. The molecule has 1 unspecified atom stereocenters. The van der Waals surface area contributed by atoms with Crippen LogP contribution in [0, 0.1) is 0 Å². The van der Waals surface area contributed by atoms with E-state index >= 15 is 0 Å². The Bertz CT molecular complexity index is 762. The first kappa shape index (κ1) is 17.5. The maximum atomic E-state index is 12.9. The van der Waals surface area contributed by atoms with E-state index in [0.717, 1.165) is 12.8 Å². The minimum absolute atomic E-state index is 0. The molecule has 3 heterocycles. The van der Waals surface area contributed by atoms with Crippen LogP contribution >= 0.6 is 24.0 Å². The molecule has 2 aromatic heterocycles. The Hall–Kier alpha value is -0.860. The summed E-state index contributed by atoms with van der Waals surface area (Å²) < 4.78 is 27.3. The second kappa shape index (κ2) is 6.72. The minimum Gasteiger partial charge on any atom is -0.345 e. The van der Waals surface area contributed by atoms with Crippen molar-refractivity contribution in [3.63, 3.8) is 0 Å². The Kier molecular flexibility index (Phi) is 5.34. The third-order valence-electron chi connectivity index (χ3n) is 3.90. The number of aromatic nitrogens is 2. The number of likely N-dealkylation sites (N-methyl/N-ethyl adjacent to an activating group) is 1. The lowest BCUT2D eigenvalue weighted by Crippen LogP contribution is -2.46. The quantitative estimate of drug-likeness (QED) is 0.872. The number of halogens is 2. The maximum Gasteiger partial charge on any atom is 0.245 e. The molecule has 9 heteroatoms. The van der Waals surface area contributed by atoms with Crippen LogP contribution in [-0.2, 0) is 10.0 Å². The summed E-state index contributed by atoms with van der Waals surface area (Å²) in [6.45, 7) is 1.01. The van der Waals surface area contributed by atoms with Gasteiger partial charge < -0.3 is 10.3 Å². The SMILES string of the molecule is CNC1CCCN(S(=O)(=O)c2c[nH]c3nccc(Cl)c23)C1.Cl. The molecule has 0 bridgehead atoms. The molecule has 6 nitrogen and oxygen atoms in total. The number of hydrogen-bond acceptors (Lipinski definition) is 4.